The van der Waals surface area contributed by atoms with Gasteiger partial charge in [0.05, 0.1) is 24.4 Å². The van der Waals surface area contributed by atoms with E-state index in [1.54, 1.807) is 6.07 Å². The molecule has 1 atom stereocenters. The fourth-order valence-electron chi connectivity index (χ4n) is 4.41. The Kier molecular flexibility index (Phi) is 7.45. The number of hydrogen-bond acceptors (Lipinski definition) is 3. The van der Waals surface area contributed by atoms with E-state index in [-0.39, 0.29) is 18.0 Å². The summed E-state index contributed by atoms with van der Waals surface area (Å²) in [6.07, 6.45) is 1.09. The molecule has 1 aliphatic rings. The number of fused-ring (bicyclic) bond motifs is 1. The fourth-order valence-corrected chi connectivity index (χ4v) is 4.41. The molecule has 4 rings (SSSR count). The highest BCUT2D eigenvalue weighted by molar-refractivity contribution is 5.87. The summed E-state index contributed by atoms with van der Waals surface area (Å²) in [6, 6.07) is 20.1. The average Bonchev–Trinajstić information content (AvgIpc) is 2.83. The SMILES string of the molecule is CCNC(=NCc1ccc(N2CCC(O)CC2)c(F)c1)NC(C)c1cccc2ccccc12. The lowest BCUT2D eigenvalue weighted by Gasteiger charge is -2.31. The largest absolute Gasteiger partial charge is 0.393 e. The third-order valence-corrected chi connectivity index (χ3v) is 6.22. The lowest BCUT2D eigenvalue weighted by molar-refractivity contribution is 0.145. The number of nitrogens with zero attached hydrogens (tertiary/aromatic N) is 2. The van der Waals surface area contributed by atoms with E-state index in [9.17, 15) is 9.50 Å². The molecule has 0 spiro atoms. The Hall–Kier alpha value is -3.12. The van der Waals surface area contributed by atoms with Crippen LogP contribution in [0.4, 0.5) is 10.1 Å². The number of aliphatic hydroxyl groups is 1. The van der Waals surface area contributed by atoms with Crippen molar-refractivity contribution in [3.05, 3.63) is 77.6 Å². The van der Waals surface area contributed by atoms with Gasteiger partial charge in [0, 0.05) is 19.6 Å². The van der Waals surface area contributed by atoms with Crippen LogP contribution in [0.5, 0.6) is 0 Å². The molecule has 1 fully saturated rings. The number of nitrogens with one attached hydrogen (secondary N) is 2. The van der Waals surface area contributed by atoms with Crippen LogP contribution in [0.2, 0.25) is 0 Å². The number of halogens is 1. The number of hydrogen-bond donors (Lipinski definition) is 3. The van der Waals surface area contributed by atoms with Gasteiger partial charge >= 0.3 is 0 Å². The van der Waals surface area contributed by atoms with Gasteiger partial charge in [-0.25, -0.2) is 9.38 Å². The van der Waals surface area contributed by atoms with E-state index >= 15 is 0 Å². The quantitative estimate of drug-likeness (QED) is 0.376. The zero-order valence-electron chi connectivity index (χ0n) is 19.4. The van der Waals surface area contributed by atoms with Gasteiger partial charge in [-0.2, -0.15) is 0 Å². The van der Waals surface area contributed by atoms with Crippen LogP contribution in [-0.4, -0.2) is 36.8 Å². The van der Waals surface area contributed by atoms with Crippen LogP contribution in [0.25, 0.3) is 10.8 Å². The Morgan fingerprint density at radius 3 is 2.64 bits per heavy atom. The highest BCUT2D eigenvalue weighted by Gasteiger charge is 2.19. The molecule has 1 aliphatic heterocycles. The summed E-state index contributed by atoms with van der Waals surface area (Å²) >= 11 is 0. The molecule has 1 saturated heterocycles. The van der Waals surface area contributed by atoms with E-state index in [1.165, 1.54) is 16.3 Å². The zero-order chi connectivity index (χ0) is 23.2. The molecule has 3 aromatic rings. The third-order valence-electron chi connectivity index (χ3n) is 6.22. The standard InChI is InChI=1S/C27H33FN4O/c1-3-29-27(31-19(2)23-10-6-8-21-7-4-5-9-24(21)23)30-18-20-11-12-26(25(28)17-20)32-15-13-22(33)14-16-32/h4-12,17,19,22,33H,3,13-16,18H2,1-2H3,(H2,29,30,31). The number of anilines is 1. The molecule has 0 bridgehead atoms. The molecule has 1 unspecified atom stereocenters. The molecular weight excluding hydrogens is 415 g/mol. The van der Waals surface area contributed by atoms with Gasteiger partial charge in [0.1, 0.15) is 5.82 Å². The van der Waals surface area contributed by atoms with Crippen LogP contribution < -0.4 is 15.5 Å². The molecule has 0 aromatic heterocycles. The maximum absolute atomic E-state index is 14.8. The van der Waals surface area contributed by atoms with Gasteiger partial charge in [0.2, 0.25) is 0 Å². The van der Waals surface area contributed by atoms with Crippen molar-refractivity contribution in [3.8, 4) is 0 Å². The average molecular weight is 449 g/mol. The number of guanidine groups is 1. The molecule has 0 saturated carbocycles. The minimum Gasteiger partial charge on any atom is -0.393 e. The number of aliphatic imine (C=N–C) groups is 1. The van der Waals surface area contributed by atoms with Crippen molar-refractivity contribution in [1.29, 1.82) is 0 Å². The minimum absolute atomic E-state index is 0.0578. The van der Waals surface area contributed by atoms with Crippen LogP contribution in [0.1, 0.15) is 43.9 Å². The van der Waals surface area contributed by atoms with Crippen molar-refractivity contribution in [2.75, 3.05) is 24.5 Å². The van der Waals surface area contributed by atoms with Gasteiger partial charge in [0.25, 0.3) is 0 Å². The predicted molar refractivity (Wildman–Crippen MR) is 134 cm³/mol. The molecule has 5 nitrogen and oxygen atoms in total. The van der Waals surface area contributed by atoms with Crippen LogP contribution in [0, 0.1) is 5.82 Å². The molecule has 6 heteroatoms. The second kappa shape index (κ2) is 10.7. The van der Waals surface area contributed by atoms with Crippen molar-refractivity contribution in [3.63, 3.8) is 0 Å². The Balaban J connectivity index is 1.46. The zero-order valence-corrected chi connectivity index (χ0v) is 19.4. The molecule has 0 radical (unpaired) electrons. The van der Waals surface area contributed by atoms with Gasteiger partial charge in [-0.05, 0) is 60.7 Å². The van der Waals surface area contributed by atoms with Crippen molar-refractivity contribution >= 4 is 22.4 Å². The van der Waals surface area contributed by atoms with E-state index in [2.05, 4.69) is 60.0 Å². The topological polar surface area (TPSA) is 59.9 Å². The maximum atomic E-state index is 14.8. The summed E-state index contributed by atoms with van der Waals surface area (Å²) in [5, 5.41) is 18.9. The van der Waals surface area contributed by atoms with Crippen molar-refractivity contribution in [1.82, 2.24) is 10.6 Å². The second-order valence-corrected chi connectivity index (χ2v) is 8.63. The Morgan fingerprint density at radius 2 is 1.88 bits per heavy atom. The summed E-state index contributed by atoms with van der Waals surface area (Å²) < 4.78 is 14.8. The lowest BCUT2D eigenvalue weighted by atomic mass is 10.00. The van der Waals surface area contributed by atoms with Crippen LogP contribution in [-0.2, 0) is 6.54 Å². The van der Waals surface area contributed by atoms with E-state index in [1.807, 2.05) is 24.0 Å². The Bertz CT molecular complexity index is 1100. The number of aliphatic hydroxyl groups excluding tert-OH is 1. The monoisotopic (exact) mass is 448 g/mol. The summed E-state index contributed by atoms with van der Waals surface area (Å²) in [4.78, 5) is 6.71. The Morgan fingerprint density at radius 1 is 1.12 bits per heavy atom. The van der Waals surface area contributed by atoms with Crippen LogP contribution in [0.3, 0.4) is 0 Å². The first-order chi connectivity index (χ1) is 16.0. The first-order valence-electron chi connectivity index (χ1n) is 11.8. The van der Waals surface area contributed by atoms with Gasteiger partial charge in [-0.3, -0.25) is 0 Å². The molecule has 0 aliphatic carbocycles. The van der Waals surface area contributed by atoms with E-state index in [0.29, 0.717) is 44.1 Å². The molecule has 1 heterocycles. The maximum Gasteiger partial charge on any atom is 0.192 e. The summed E-state index contributed by atoms with van der Waals surface area (Å²) in [6.45, 7) is 6.63. The van der Waals surface area contributed by atoms with Crippen molar-refractivity contribution in [2.24, 2.45) is 4.99 Å². The Labute approximate surface area is 195 Å². The van der Waals surface area contributed by atoms with Gasteiger partial charge in [-0.15, -0.1) is 0 Å². The van der Waals surface area contributed by atoms with Gasteiger partial charge in [-0.1, -0.05) is 48.5 Å². The van der Waals surface area contributed by atoms with Gasteiger partial charge < -0.3 is 20.6 Å². The van der Waals surface area contributed by atoms with Crippen molar-refractivity contribution in [2.45, 2.75) is 45.4 Å². The first kappa shape index (κ1) is 23.1. The smallest absolute Gasteiger partial charge is 0.192 e. The fraction of sp³-hybridized carbons (Fsp3) is 0.370. The molecule has 3 N–H and O–H groups in total. The molecule has 174 valence electrons. The summed E-state index contributed by atoms with van der Waals surface area (Å²) in [5.41, 5.74) is 2.63. The minimum atomic E-state index is -0.272. The van der Waals surface area contributed by atoms with E-state index in [4.69, 9.17) is 4.99 Å². The third kappa shape index (κ3) is 5.63. The number of piperidine rings is 1. The molecule has 3 aromatic carbocycles. The first-order valence-corrected chi connectivity index (χ1v) is 11.8. The number of rotatable bonds is 6. The molecular formula is C27H33FN4O. The summed E-state index contributed by atoms with van der Waals surface area (Å²) in [5.74, 6) is 0.466. The highest BCUT2D eigenvalue weighted by atomic mass is 19.1. The lowest BCUT2D eigenvalue weighted by Crippen LogP contribution is -2.38. The van der Waals surface area contributed by atoms with E-state index < -0.39 is 0 Å². The van der Waals surface area contributed by atoms with Crippen molar-refractivity contribution < 1.29 is 9.50 Å². The summed E-state index contributed by atoms with van der Waals surface area (Å²) in [7, 11) is 0. The van der Waals surface area contributed by atoms with Crippen LogP contribution >= 0.6 is 0 Å². The second-order valence-electron chi connectivity index (χ2n) is 8.63. The normalized spacial score (nSPS) is 16.1. The molecule has 33 heavy (non-hydrogen) atoms. The van der Waals surface area contributed by atoms with Crippen LogP contribution in [0.15, 0.2) is 65.7 Å². The van der Waals surface area contributed by atoms with E-state index in [0.717, 1.165) is 12.1 Å². The highest BCUT2D eigenvalue weighted by Crippen LogP contribution is 2.25. The predicted octanol–water partition coefficient (Wildman–Crippen LogP) is 4.76. The van der Waals surface area contributed by atoms with Gasteiger partial charge in [0.15, 0.2) is 5.96 Å². The molecule has 0 amide bonds. The number of benzene rings is 3.